The molecule has 106 valence electrons. The number of aromatic amines is 1. The second-order valence-electron chi connectivity index (χ2n) is 4.33. The van der Waals surface area contributed by atoms with Crippen molar-refractivity contribution in [3.05, 3.63) is 51.9 Å². The summed E-state index contributed by atoms with van der Waals surface area (Å²) in [6, 6.07) is 11.3. The lowest BCUT2D eigenvalue weighted by Gasteiger charge is -2.03. The van der Waals surface area contributed by atoms with Gasteiger partial charge in [-0.25, -0.2) is 13.4 Å². The van der Waals surface area contributed by atoms with Crippen LogP contribution in [0.25, 0.3) is 11.0 Å². The van der Waals surface area contributed by atoms with Crippen molar-refractivity contribution in [3.8, 4) is 0 Å². The molecular weight excluding hydrogens is 403 g/mol. The molecule has 21 heavy (non-hydrogen) atoms. The molecule has 3 rings (SSSR count). The molecule has 3 aromatic rings. The lowest BCUT2D eigenvalue weighted by molar-refractivity contribution is 0.111. The number of aldehydes is 1. The number of aromatic nitrogens is 2. The monoisotopic (exact) mass is 412 g/mol. The van der Waals surface area contributed by atoms with E-state index in [-0.39, 0.29) is 15.5 Å². The van der Waals surface area contributed by atoms with E-state index in [0.717, 1.165) is 0 Å². The smallest absolute Gasteiger partial charge is 0.209 e. The third kappa shape index (κ3) is 2.36. The molecule has 0 bridgehead atoms. The number of halogens is 1. The molecule has 0 radical (unpaired) electrons. The third-order valence-corrected chi connectivity index (χ3v) is 6.06. The Morgan fingerprint density at radius 1 is 1.10 bits per heavy atom. The second-order valence-corrected chi connectivity index (χ2v) is 7.30. The van der Waals surface area contributed by atoms with Gasteiger partial charge in [0.05, 0.1) is 8.60 Å². The first-order chi connectivity index (χ1) is 10.0. The summed E-state index contributed by atoms with van der Waals surface area (Å²) in [6.45, 7) is 0. The largest absolute Gasteiger partial charge is 0.334 e. The fraction of sp³-hybridized carbons (Fsp3) is 0. The average Bonchev–Trinajstić information content (AvgIpc) is 2.83. The molecule has 0 amide bonds. The Balaban J connectivity index is 2.30. The van der Waals surface area contributed by atoms with Crippen LogP contribution in [0.1, 0.15) is 10.5 Å². The Hall–Kier alpha value is -1.74. The molecule has 0 aliphatic rings. The van der Waals surface area contributed by atoms with Gasteiger partial charge < -0.3 is 4.98 Å². The Labute approximate surface area is 134 Å². The first-order valence-electron chi connectivity index (χ1n) is 5.97. The number of H-pyrrole nitrogens is 1. The maximum absolute atomic E-state index is 12.8. The highest BCUT2D eigenvalue weighted by molar-refractivity contribution is 14.1. The molecule has 0 unspecified atom stereocenters. The minimum atomic E-state index is -3.64. The predicted octanol–water partition coefficient (Wildman–Crippen LogP) is 2.81. The van der Waals surface area contributed by atoms with Gasteiger partial charge in [0.2, 0.25) is 9.84 Å². The van der Waals surface area contributed by atoms with Crippen molar-refractivity contribution in [1.82, 2.24) is 9.97 Å². The van der Waals surface area contributed by atoms with Crippen molar-refractivity contribution in [3.63, 3.8) is 0 Å². The first-order valence-corrected chi connectivity index (χ1v) is 8.54. The third-order valence-electron chi connectivity index (χ3n) is 3.03. The number of nitrogens with one attached hydrogen (secondary N) is 1. The van der Waals surface area contributed by atoms with E-state index < -0.39 is 9.84 Å². The molecule has 2 heterocycles. The molecule has 5 nitrogen and oxygen atoms in total. The summed E-state index contributed by atoms with van der Waals surface area (Å²) in [5.41, 5.74) is 0.641. The van der Waals surface area contributed by atoms with Crippen LogP contribution in [0.15, 0.2) is 52.3 Å². The van der Waals surface area contributed by atoms with E-state index in [0.29, 0.717) is 21.0 Å². The van der Waals surface area contributed by atoms with Crippen molar-refractivity contribution in [2.45, 2.75) is 9.79 Å². The van der Waals surface area contributed by atoms with E-state index >= 15 is 0 Å². The van der Waals surface area contributed by atoms with Gasteiger partial charge in [-0.15, -0.1) is 0 Å². The Kier molecular flexibility index (Phi) is 3.54. The van der Waals surface area contributed by atoms with Gasteiger partial charge >= 0.3 is 0 Å². The van der Waals surface area contributed by atoms with Crippen molar-refractivity contribution in [1.29, 1.82) is 0 Å². The van der Waals surface area contributed by atoms with Crippen LogP contribution in [0.4, 0.5) is 0 Å². The maximum atomic E-state index is 12.8. The first kappa shape index (κ1) is 14.2. The quantitative estimate of drug-likeness (QED) is 0.530. The van der Waals surface area contributed by atoms with Gasteiger partial charge in [0, 0.05) is 5.39 Å². The SMILES string of the molecule is O=Cc1ccc2c(S(=O)(=O)c3ccccc3)c(I)[nH]c2n1. The summed E-state index contributed by atoms with van der Waals surface area (Å²) in [5, 5.41) is 0.480. The minimum absolute atomic E-state index is 0.189. The van der Waals surface area contributed by atoms with Crippen LogP contribution in [0.2, 0.25) is 0 Å². The van der Waals surface area contributed by atoms with Crippen molar-refractivity contribution < 1.29 is 13.2 Å². The Morgan fingerprint density at radius 3 is 2.48 bits per heavy atom. The second kappa shape index (κ2) is 5.23. The number of carbonyl (C=O) groups excluding carboxylic acids is 1. The molecule has 0 atom stereocenters. The van der Waals surface area contributed by atoms with Crippen LogP contribution >= 0.6 is 22.6 Å². The van der Waals surface area contributed by atoms with E-state index in [9.17, 15) is 13.2 Å². The average molecular weight is 412 g/mol. The highest BCUT2D eigenvalue weighted by Crippen LogP contribution is 2.31. The number of sulfone groups is 1. The number of hydrogen-bond donors (Lipinski definition) is 1. The number of nitrogens with zero attached hydrogens (tertiary/aromatic N) is 1. The highest BCUT2D eigenvalue weighted by atomic mass is 127. The molecule has 0 saturated heterocycles. The van der Waals surface area contributed by atoms with E-state index in [1.54, 1.807) is 36.4 Å². The fourth-order valence-electron chi connectivity index (χ4n) is 2.08. The van der Waals surface area contributed by atoms with E-state index in [1.165, 1.54) is 6.07 Å². The molecule has 7 heteroatoms. The van der Waals surface area contributed by atoms with Crippen molar-refractivity contribution in [2.75, 3.05) is 0 Å². The van der Waals surface area contributed by atoms with E-state index in [1.807, 2.05) is 22.6 Å². The molecule has 0 spiro atoms. The number of rotatable bonds is 3. The van der Waals surface area contributed by atoms with Gasteiger partial charge in [0.15, 0.2) is 6.29 Å². The van der Waals surface area contributed by atoms with Crippen LogP contribution in [0, 0.1) is 3.70 Å². The van der Waals surface area contributed by atoms with Crippen LogP contribution < -0.4 is 0 Å². The molecule has 0 fully saturated rings. The molecule has 1 N–H and O–H groups in total. The van der Waals surface area contributed by atoms with Crippen LogP contribution in [0.3, 0.4) is 0 Å². The number of benzene rings is 1. The molecule has 0 aliphatic heterocycles. The van der Waals surface area contributed by atoms with E-state index in [4.69, 9.17) is 0 Å². The number of carbonyl (C=O) groups is 1. The highest BCUT2D eigenvalue weighted by Gasteiger charge is 2.25. The van der Waals surface area contributed by atoms with Gasteiger partial charge in [0.25, 0.3) is 0 Å². The lowest BCUT2D eigenvalue weighted by atomic mass is 10.3. The minimum Gasteiger partial charge on any atom is -0.334 e. The number of pyridine rings is 1. The molecule has 0 saturated carbocycles. The molecule has 0 aliphatic carbocycles. The standard InChI is InChI=1S/C14H9IN2O3S/c15-13-12(21(19,20)10-4-2-1-3-5-10)11-7-6-9(8-18)16-14(11)17-13/h1-8H,(H,16,17). The zero-order chi connectivity index (χ0) is 15.0. The normalized spacial score (nSPS) is 11.7. The van der Waals surface area contributed by atoms with Gasteiger partial charge in [-0.2, -0.15) is 0 Å². The van der Waals surface area contributed by atoms with Gasteiger partial charge in [-0.05, 0) is 46.9 Å². The predicted molar refractivity (Wildman–Crippen MR) is 86.1 cm³/mol. The zero-order valence-electron chi connectivity index (χ0n) is 10.6. The van der Waals surface area contributed by atoms with Gasteiger partial charge in [0.1, 0.15) is 16.2 Å². The summed E-state index contributed by atoms with van der Waals surface area (Å²) in [6.07, 6.45) is 0.624. The molecule has 2 aromatic heterocycles. The zero-order valence-corrected chi connectivity index (χ0v) is 13.6. The maximum Gasteiger partial charge on any atom is 0.209 e. The van der Waals surface area contributed by atoms with Gasteiger partial charge in [-0.3, -0.25) is 4.79 Å². The summed E-state index contributed by atoms with van der Waals surface area (Å²) >= 11 is 1.93. The Morgan fingerprint density at radius 2 is 1.81 bits per heavy atom. The summed E-state index contributed by atoms with van der Waals surface area (Å²) in [5.74, 6) is 0. The van der Waals surface area contributed by atoms with Crippen molar-refractivity contribution in [2.24, 2.45) is 0 Å². The van der Waals surface area contributed by atoms with Crippen LogP contribution in [-0.2, 0) is 9.84 Å². The Bertz CT molecular complexity index is 934. The summed E-state index contributed by atoms with van der Waals surface area (Å²) in [7, 11) is -3.64. The number of fused-ring (bicyclic) bond motifs is 1. The van der Waals surface area contributed by atoms with Gasteiger partial charge in [-0.1, -0.05) is 18.2 Å². The van der Waals surface area contributed by atoms with E-state index in [2.05, 4.69) is 9.97 Å². The summed E-state index contributed by atoms with van der Waals surface area (Å²) < 4.78 is 26.0. The summed E-state index contributed by atoms with van der Waals surface area (Å²) in [4.78, 5) is 18.2. The fourth-order valence-corrected chi connectivity index (χ4v) is 4.99. The molecule has 1 aromatic carbocycles. The topological polar surface area (TPSA) is 79.9 Å². The number of hydrogen-bond acceptors (Lipinski definition) is 4. The lowest BCUT2D eigenvalue weighted by Crippen LogP contribution is -2.02. The van der Waals surface area contributed by atoms with Crippen LogP contribution in [-0.4, -0.2) is 24.7 Å². The van der Waals surface area contributed by atoms with Crippen molar-refractivity contribution >= 4 is 49.7 Å². The molecular formula is C14H9IN2O3S. The van der Waals surface area contributed by atoms with Crippen LogP contribution in [0.5, 0.6) is 0 Å².